The largest absolute Gasteiger partial charge is 0.482 e. The van der Waals surface area contributed by atoms with Crippen molar-refractivity contribution in [3.8, 4) is 5.75 Å². The third-order valence-electron chi connectivity index (χ3n) is 4.35. The van der Waals surface area contributed by atoms with Gasteiger partial charge in [-0.15, -0.1) is 0 Å². The Kier molecular flexibility index (Phi) is 6.85. The molecule has 2 rings (SSSR count). The van der Waals surface area contributed by atoms with E-state index in [9.17, 15) is 14.4 Å². The molecule has 0 spiro atoms. The smallest absolute Gasteiger partial charge is 0.336 e. The maximum absolute atomic E-state index is 12.2. The molecular formula is C19H22ClNO6. The topological polar surface area (TPSA) is 94.8 Å². The quantitative estimate of drug-likeness (QED) is 0.572. The molecule has 27 heavy (non-hydrogen) atoms. The number of esters is 1. The maximum atomic E-state index is 12.2. The Bertz CT molecular complexity index is 907. The van der Waals surface area contributed by atoms with E-state index in [0.717, 1.165) is 5.56 Å². The van der Waals surface area contributed by atoms with Gasteiger partial charge in [-0.25, -0.2) is 9.59 Å². The zero-order valence-electron chi connectivity index (χ0n) is 15.6. The molecule has 0 saturated carbocycles. The molecule has 2 atom stereocenters. The van der Waals surface area contributed by atoms with Crippen molar-refractivity contribution in [3.05, 3.63) is 39.2 Å². The van der Waals surface area contributed by atoms with Crippen LogP contribution in [0.2, 0.25) is 5.02 Å². The highest BCUT2D eigenvalue weighted by atomic mass is 35.5. The summed E-state index contributed by atoms with van der Waals surface area (Å²) in [5.74, 6) is -0.902. The molecule has 0 radical (unpaired) electrons. The summed E-state index contributed by atoms with van der Waals surface area (Å²) >= 11 is 6.20. The fourth-order valence-corrected chi connectivity index (χ4v) is 2.80. The van der Waals surface area contributed by atoms with E-state index in [0.29, 0.717) is 17.4 Å². The van der Waals surface area contributed by atoms with E-state index in [1.165, 1.54) is 19.2 Å². The maximum Gasteiger partial charge on any atom is 0.336 e. The molecule has 7 nitrogen and oxygen atoms in total. The van der Waals surface area contributed by atoms with Crippen molar-refractivity contribution in [2.75, 3.05) is 13.7 Å². The van der Waals surface area contributed by atoms with Crippen LogP contribution in [-0.4, -0.2) is 31.6 Å². The molecule has 0 fully saturated rings. The first-order valence-electron chi connectivity index (χ1n) is 8.50. The first kappa shape index (κ1) is 20.8. The molecule has 1 heterocycles. The number of rotatable bonds is 7. The number of carbonyl (C=O) groups is 2. The average molecular weight is 396 g/mol. The fraction of sp³-hybridized carbons (Fsp3) is 0.421. The highest BCUT2D eigenvalue weighted by Gasteiger charge is 2.26. The Balaban J connectivity index is 2.13. The minimum absolute atomic E-state index is 0.0945. The van der Waals surface area contributed by atoms with Crippen molar-refractivity contribution in [1.29, 1.82) is 0 Å². The molecule has 0 unspecified atom stereocenters. The van der Waals surface area contributed by atoms with Crippen molar-refractivity contribution in [2.24, 2.45) is 5.92 Å². The van der Waals surface area contributed by atoms with E-state index in [1.807, 2.05) is 13.8 Å². The molecule has 146 valence electrons. The Hall–Kier alpha value is -2.54. The predicted molar refractivity (Wildman–Crippen MR) is 101 cm³/mol. The van der Waals surface area contributed by atoms with Gasteiger partial charge in [-0.05, 0) is 24.5 Å². The molecule has 2 aromatic rings. The molecule has 8 heteroatoms. The number of methoxy groups -OCH3 is 1. The SMILES string of the molecule is CC[C@@H](C)[C@@H](NC(=O)COc1cc2oc(=O)cc(C)c2cc1Cl)C(=O)OC. The van der Waals surface area contributed by atoms with Crippen molar-refractivity contribution in [2.45, 2.75) is 33.2 Å². The van der Waals surface area contributed by atoms with Crippen molar-refractivity contribution in [3.63, 3.8) is 0 Å². The zero-order valence-corrected chi connectivity index (χ0v) is 16.4. The van der Waals surface area contributed by atoms with E-state index in [4.69, 9.17) is 25.5 Å². The van der Waals surface area contributed by atoms with Crippen molar-refractivity contribution >= 4 is 34.4 Å². The number of carbonyl (C=O) groups excluding carboxylic acids is 2. The van der Waals surface area contributed by atoms with Gasteiger partial charge in [0.25, 0.3) is 5.91 Å². The molecule has 0 aliphatic carbocycles. The predicted octanol–water partition coefficient (Wildman–Crippen LogP) is 2.84. The molecular weight excluding hydrogens is 374 g/mol. The van der Waals surface area contributed by atoms with Gasteiger partial charge in [0.05, 0.1) is 12.1 Å². The van der Waals surface area contributed by atoms with Crippen molar-refractivity contribution < 1.29 is 23.5 Å². The van der Waals surface area contributed by atoms with Gasteiger partial charge < -0.3 is 19.2 Å². The van der Waals surface area contributed by atoms with Crippen LogP contribution in [0.5, 0.6) is 5.75 Å². The number of benzene rings is 1. The number of nitrogens with one attached hydrogen (secondary N) is 1. The average Bonchev–Trinajstić information content (AvgIpc) is 2.63. The third kappa shape index (κ3) is 5.01. The van der Waals surface area contributed by atoms with Gasteiger partial charge in [0, 0.05) is 17.5 Å². The number of amides is 1. The molecule has 1 amide bonds. The van der Waals surface area contributed by atoms with Crippen LogP contribution in [0.15, 0.2) is 27.4 Å². The number of hydrogen-bond acceptors (Lipinski definition) is 6. The van der Waals surface area contributed by atoms with Crippen LogP contribution < -0.4 is 15.7 Å². The summed E-state index contributed by atoms with van der Waals surface area (Å²) in [4.78, 5) is 35.6. The highest BCUT2D eigenvalue weighted by Crippen LogP contribution is 2.30. The summed E-state index contributed by atoms with van der Waals surface area (Å²) in [5, 5.41) is 3.56. The fourth-order valence-electron chi connectivity index (χ4n) is 2.58. The monoisotopic (exact) mass is 395 g/mol. The second kappa shape index (κ2) is 8.90. The number of ether oxygens (including phenoxy) is 2. The lowest BCUT2D eigenvalue weighted by atomic mass is 9.99. The minimum atomic E-state index is -0.760. The van der Waals surface area contributed by atoms with Crippen molar-refractivity contribution in [1.82, 2.24) is 5.32 Å². The van der Waals surface area contributed by atoms with Gasteiger partial charge in [0.15, 0.2) is 6.61 Å². The van der Waals surface area contributed by atoms with E-state index in [2.05, 4.69) is 5.32 Å². The Morgan fingerprint density at radius 1 is 1.30 bits per heavy atom. The lowest BCUT2D eigenvalue weighted by Gasteiger charge is -2.21. The lowest BCUT2D eigenvalue weighted by Crippen LogP contribution is -2.47. The Morgan fingerprint density at radius 2 is 2.00 bits per heavy atom. The summed E-state index contributed by atoms with van der Waals surface area (Å²) < 4.78 is 15.3. The molecule has 0 aliphatic rings. The van der Waals surface area contributed by atoms with Crippen LogP contribution in [0.1, 0.15) is 25.8 Å². The van der Waals surface area contributed by atoms with Gasteiger partial charge in [-0.1, -0.05) is 31.9 Å². The number of halogens is 1. The lowest BCUT2D eigenvalue weighted by molar-refractivity contribution is -0.146. The standard InChI is InChI=1S/C19H22ClNO6/c1-5-10(2)18(19(24)25-4)21-16(22)9-26-15-8-14-12(7-13(15)20)11(3)6-17(23)27-14/h6-8,10,18H,5,9H2,1-4H3,(H,21,22)/t10-,18-/m1/s1. The van der Waals surface area contributed by atoms with E-state index >= 15 is 0 Å². The van der Waals surface area contributed by atoms with Gasteiger partial charge in [-0.2, -0.15) is 0 Å². The summed E-state index contributed by atoms with van der Waals surface area (Å²) in [5.41, 5.74) is 0.550. The third-order valence-corrected chi connectivity index (χ3v) is 4.64. The molecule has 0 bridgehead atoms. The highest BCUT2D eigenvalue weighted by molar-refractivity contribution is 6.32. The zero-order chi connectivity index (χ0) is 20.1. The molecule has 0 saturated heterocycles. The molecule has 1 N–H and O–H groups in total. The van der Waals surface area contributed by atoms with Gasteiger partial charge in [-0.3, -0.25) is 4.79 Å². The van der Waals surface area contributed by atoms with Crippen LogP contribution in [0.4, 0.5) is 0 Å². The summed E-state index contributed by atoms with van der Waals surface area (Å²) in [6, 6.07) is 3.68. The van der Waals surface area contributed by atoms with Crippen LogP contribution in [0, 0.1) is 12.8 Å². The van der Waals surface area contributed by atoms with Gasteiger partial charge >= 0.3 is 11.6 Å². The summed E-state index contributed by atoms with van der Waals surface area (Å²) in [6.07, 6.45) is 0.690. The second-order valence-corrected chi connectivity index (χ2v) is 6.68. The van der Waals surface area contributed by atoms with Gasteiger partial charge in [0.1, 0.15) is 17.4 Å². The Labute approximate surface area is 161 Å². The van der Waals surface area contributed by atoms with E-state index in [1.54, 1.807) is 13.0 Å². The second-order valence-electron chi connectivity index (χ2n) is 6.27. The first-order chi connectivity index (χ1) is 12.8. The number of fused-ring (bicyclic) bond motifs is 1. The van der Waals surface area contributed by atoms with Crippen LogP contribution in [-0.2, 0) is 14.3 Å². The molecule has 1 aromatic carbocycles. The van der Waals surface area contributed by atoms with E-state index in [-0.39, 0.29) is 23.3 Å². The van der Waals surface area contributed by atoms with Crippen LogP contribution >= 0.6 is 11.6 Å². The number of aryl methyl sites for hydroxylation is 1. The molecule has 0 aliphatic heterocycles. The minimum Gasteiger partial charge on any atom is -0.482 e. The molecule has 1 aromatic heterocycles. The van der Waals surface area contributed by atoms with E-state index < -0.39 is 23.5 Å². The normalized spacial score (nSPS) is 13.1. The van der Waals surface area contributed by atoms with Crippen LogP contribution in [0.3, 0.4) is 0 Å². The Morgan fingerprint density at radius 3 is 2.63 bits per heavy atom. The van der Waals surface area contributed by atoms with Crippen LogP contribution in [0.25, 0.3) is 11.0 Å². The first-order valence-corrected chi connectivity index (χ1v) is 8.88. The number of hydrogen-bond donors (Lipinski definition) is 1. The van der Waals surface area contributed by atoms with Gasteiger partial charge in [0.2, 0.25) is 0 Å². The summed E-state index contributed by atoms with van der Waals surface area (Å²) in [7, 11) is 1.27. The summed E-state index contributed by atoms with van der Waals surface area (Å²) in [6.45, 7) is 5.16.